The lowest BCUT2D eigenvalue weighted by molar-refractivity contribution is 0.0949. The molecule has 0 saturated carbocycles. The second-order valence-electron chi connectivity index (χ2n) is 6.21. The Balaban J connectivity index is 2.13. The molecular formula is C19H24N2O3S. The van der Waals surface area contributed by atoms with E-state index in [1.807, 2.05) is 18.2 Å². The number of benzene rings is 2. The van der Waals surface area contributed by atoms with Gasteiger partial charge in [0.05, 0.1) is 4.90 Å². The summed E-state index contributed by atoms with van der Waals surface area (Å²) < 4.78 is 26.0. The third-order valence-corrected chi connectivity index (χ3v) is 5.60. The predicted octanol–water partition coefficient (Wildman–Crippen LogP) is 2.76. The van der Waals surface area contributed by atoms with Crippen molar-refractivity contribution in [3.05, 3.63) is 65.7 Å². The fourth-order valence-corrected chi connectivity index (χ4v) is 3.44. The van der Waals surface area contributed by atoms with Crippen LogP contribution >= 0.6 is 0 Å². The summed E-state index contributed by atoms with van der Waals surface area (Å²) in [6.45, 7) is 4.72. The highest BCUT2D eigenvalue weighted by Gasteiger charge is 2.18. The molecule has 25 heavy (non-hydrogen) atoms. The average molecular weight is 360 g/mol. The fraction of sp³-hybridized carbons (Fsp3) is 0.316. The average Bonchev–Trinajstić information content (AvgIpc) is 2.62. The molecule has 1 atom stereocenters. The van der Waals surface area contributed by atoms with E-state index in [1.165, 1.54) is 24.7 Å². The van der Waals surface area contributed by atoms with Gasteiger partial charge in [-0.05, 0) is 36.7 Å². The van der Waals surface area contributed by atoms with Gasteiger partial charge in [-0.2, -0.15) is 0 Å². The first-order chi connectivity index (χ1) is 11.8. The van der Waals surface area contributed by atoms with Crippen molar-refractivity contribution in [3.8, 4) is 0 Å². The molecule has 0 aliphatic rings. The first-order valence-corrected chi connectivity index (χ1v) is 9.70. The van der Waals surface area contributed by atoms with E-state index in [4.69, 9.17) is 0 Å². The number of hydrogen-bond acceptors (Lipinski definition) is 3. The van der Waals surface area contributed by atoms with Gasteiger partial charge in [-0.25, -0.2) is 13.1 Å². The van der Waals surface area contributed by atoms with E-state index in [1.54, 1.807) is 12.1 Å². The predicted molar refractivity (Wildman–Crippen MR) is 99.0 cm³/mol. The minimum Gasteiger partial charge on any atom is -0.351 e. The monoisotopic (exact) mass is 360 g/mol. The van der Waals surface area contributed by atoms with E-state index >= 15 is 0 Å². The van der Waals surface area contributed by atoms with Crippen LogP contribution in [0.3, 0.4) is 0 Å². The number of amides is 1. The lowest BCUT2D eigenvalue weighted by Crippen LogP contribution is -2.30. The Bertz CT molecular complexity index is 818. The minimum absolute atomic E-state index is 0.0751. The van der Waals surface area contributed by atoms with Crippen LogP contribution < -0.4 is 10.0 Å². The van der Waals surface area contributed by atoms with Crippen LogP contribution in [0.5, 0.6) is 0 Å². The third kappa shape index (κ3) is 4.90. The lowest BCUT2D eigenvalue weighted by Gasteiger charge is -2.22. The molecule has 6 heteroatoms. The van der Waals surface area contributed by atoms with Crippen LogP contribution in [-0.4, -0.2) is 27.9 Å². The summed E-state index contributed by atoms with van der Waals surface area (Å²) in [7, 11) is -2.23. The standard InChI is InChI=1S/C19H24N2O3S/c1-14(2)18(15-8-5-4-6-9-15)13-21-19(22)16-10-7-11-17(12-16)25(23,24)20-3/h4-12,14,18,20H,13H2,1-3H3,(H,21,22). The van der Waals surface area contributed by atoms with Gasteiger partial charge in [0.15, 0.2) is 0 Å². The maximum atomic E-state index is 12.4. The normalized spacial score (nSPS) is 12.8. The number of sulfonamides is 1. The first-order valence-electron chi connectivity index (χ1n) is 8.22. The van der Waals surface area contributed by atoms with Gasteiger partial charge in [0, 0.05) is 18.0 Å². The molecule has 0 aliphatic carbocycles. The number of carbonyl (C=O) groups excluding carboxylic acids is 1. The quantitative estimate of drug-likeness (QED) is 0.797. The molecule has 1 amide bonds. The lowest BCUT2D eigenvalue weighted by atomic mass is 9.88. The highest BCUT2D eigenvalue weighted by Crippen LogP contribution is 2.23. The number of rotatable bonds is 7. The zero-order valence-electron chi connectivity index (χ0n) is 14.7. The second kappa shape index (κ2) is 8.27. The van der Waals surface area contributed by atoms with Crippen LogP contribution in [0.15, 0.2) is 59.5 Å². The molecule has 2 aromatic carbocycles. The summed E-state index contributed by atoms with van der Waals surface area (Å²) >= 11 is 0. The number of nitrogens with one attached hydrogen (secondary N) is 2. The Kier molecular flexibility index (Phi) is 6.33. The van der Waals surface area contributed by atoms with Crippen molar-refractivity contribution in [2.24, 2.45) is 5.92 Å². The van der Waals surface area contributed by atoms with Crippen molar-refractivity contribution in [1.29, 1.82) is 0 Å². The second-order valence-corrected chi connectivity index (χ2v) is 8.09. The van der Waals surface area contributed by atoms with E-state index < -0.39 is 10.0 Å². The van der Waals surface area contributed by atoms with Crippen LogP contribution in [0.1, 0.15) is 35.7 Å². The minimum atomic E-state index is -3.57. The van der Waals surface area contributed by atoms with Gasteiger partial charge in [0.1, 0.15) is 0 Å². The Labute approximate surface area is 149 Å². The molecule has 5 nitrogen and oxygen atoms in total. The Hall–Kier alpha value is -2.18. The molecule has 0 bridgehead atoms. The van der Waals surface area contributed by atoms with E-state index in [-0.39, 0.29) is 16.7 Å². The smallest absolute Gasteiger partial charge is 0.251 e. The van der Waals surface area contributed by atoms with Crippen molar-refractivity contribution < 1.29 is 13.2 Å². The van der Waals surface area contributed by atoms with Gasteiger partial charge in [-0.1, -0.05) is 50.2 Å². The van der Waals surface area contributed by atoms with Crippen molar-refractivity contribution in [2.45, 2.75) is 24.7 Å². The summed E-state index contributed by atoms with van der Waals surface area (Å²) in [5, 5.41) is 2.92. The molecule has 2 N–H and O–H groups in total. The zero-order chi connectivity index (χ0) is 18.4. The molecule has 0 fully saturated rings. The van der Waals surface area contributed by atoms with E-state index in [2.05, 4.69) is 36.0 Å². The van der Waals surface area contributed by atoms with Crippen LogP contribution in [0.2, 0.25) is 0 Å². The summed E-state index contributed by atoms with van der Waals surface area (Å²) in [6, 6.07) is 16.1. The molecule has 0 spiro atoms. The van der Waals surface area contributed by atoms with Gasteiger partial charge >= 0.3 is 0 Å². The number of hydrogen-bond donors (Lipinski definition) is 2. The summed E-state index contributed by atoms with van der Waals surface area (Å²) in [5.41, 5.74) is 1.50. The Morgan fingerprint density at radius 2 is 1.72 bits per heavy atom. The van der Waals surface area contributed by atoms with Gasteiger partial charge in [0.2, 0.25) is 10.0 Å². The highest BCUT2D eigenvalue weighted by atomic mass is 32.2. The van der Waals surface area contributed by atoms with Crippen molar-refractivity contribution in [2.75, 3.05) is 13.6 Å². The van der Waals surface area contributed by atoms with Gasteiger partial charge in [-0.15, -0.1) is 0 Å². The van der Waals surface area contributed by atoms with E-state index in [9.17, 15) is 13.2 Å². The molecule has 0 radical (unpaired) electrons. The van der Waals surface area contributed by atoms with Gasteiger partial charge in [-0.3, -0.25) is 4.79 Å². The van der Waals surface area contributed by atoms with Crippen LogP contribution in [0.4, 0.5) is 0 Å². The molecule has 134 valence electrons. The largest absolute Gasteiger partial charge is 0.351 e. The molecule has 0 heterocycles. The zero-order valence-corrected chi connectivity index (χ0v) is 15.5. The summed E-state index contributed by atoms with van der Waals surface area (Å²) in [5.74, 6) is 0.266. The third-order valence-electron chi connectivity index (χ3n) is 4.19. The van der Waals surface area contributed by atoms with Crippen molar-refractivity contribution in [3.63, 3.8) is 0 Å². The molecule has 2 aromatic rings. The van der Waals surface area contributed by atoms with E-state index in [0.29, 0.717) is 18.0 Å². The number of carbonyl (C=O) groups is 1. The van der Waals surface area contributed by atoms with E-state index in [0.717, 1.165) is 0 Å². The summed E-state index contributed by atoms with van der Waals surface area (Å²) in [6.07, 6.45) is 0. The van der Waals surface area contributed by atoms with Crippen molar-refractivity contribution in [1.82, 2.24) is 10.0 Å². The molecule has 0 aromatic heterocycles. The summed E-state index contributed by atoms with van der Waals surface area (Å²) in [4.78, 5) is 12.5. The molecule has 1 unspecified atom stereocenters. The van der Waals surface area contributed by atoms with Crippen molar-refractivity contribution >= 4 is 15.9 Å². The maximum absolute atomic E-state index is 12.4. The SMILES string of the molecule is CNS(=O)(=O)c1cccc(C(=O)NCC(c2ccccc2)C(C)C)c1. The van der Waals surface area contributed by atoms with Crippen LogP contribution in [0.25, 0.3) is 0 Å². The topological polar surface area (TPSA) is 75.3 Å². The van der Waals surface area contributed by atoms with Crippen LogP contribution in [0, 0.1) is 5.92 Å². The molecule has 0 saturated heterocycles. The van der Waals surface area contributed by atoms with Crippen LogP contribution in [-0.2, 0) is 10.0 Å². The Morgan fingerprint density at radius 3 is 2.32 bits per heavy atom. The van der Waals surface area contributed by atoms with Gasteiger partial charge < -0.3 is 5.32 Å². The molecule has 0 aliphatic heterocycles. The highest BCUT2D eigenvalue weighted by molar-refractivity contribution is 7.89. The fourth-order valence-electron chi connectivity index (χ4n) is 2.67. The maximum Gasteiger partial charge on any atom is 0.251 e. The van der Waals surface area contributed by atoms with Gasteiger partial charge in [0.25, 0.3) is 5.91 Å². The Morgan fingerprint density at radius 1 is 1.04 bits per heavy atom. The first kappa shape index (κ1) is 19.1. The molecular weight excluding hydrogens is 336 g/mol. The molecule has 2 rings (SSSR count).